The molecule has 2 aromatic heterocycles. The number of nitrogens with zero attached hydrogens (tertiary/aromatic N) is 3. The minimum absolute atomic E-state index is 0.208. The van der Waals surface area contributed by atoms with E-state index in [1.54, 1.807) is 6.07 Å². The first kappa shape index (κ1) is 29.6. The molecule has 0 bridgehead atoms. The number of aromatic hydroxyl groups is 1. The quantitative estimate of drug-likeness (QED) is 0.200. The van der Waals surface area contributed by atoms with E-state index in [0.717, 1.165) is 66.5 Å². The van der Waals surface area contributed by atoms with Crippen molar-refractivity contribution in [3.63, 3.8) is 0 Å². The molecule has 0 saturated heterocycles. The SMILES string of the molecule is CC(C)c1cccc(C(C)C)c1-n1c(-c2ccccc2O)nc2c(-c3cc(-c4cc5ccccc5cn4)c4ccccc4c3)cccc21. The Bertz CT molecular complexity index is 2460. The molecule has 0 unspecified atom stereocenters. The predicted molar refractivity (Wildman–Crippen MR) is 200 cm³/mol. The molecule has 2 heterocycles. The van der Waals surface area contributed by atoms with E-state index in [-0.39, 0.29) is 17.6 Å². The number of para-hydroxylation sites is 3. The lowest BCUT2D eigenvalue weighted by Crippen LogP contribution is -2.08. The molecule has 0 saturated carbocycles. The highest BCUT2D eigenvalue weighted by molar-refractivity contribution is 6.04. The number of imidazole rings is 1. The van der Waals surface area contributed by atoms with Crippen LogP contribution in [0.2, 0.25) is 0 Å². The van der Waals surface area contributed by atoms with Crippen LogP contribution in [0.3, 0.4) is 0 Å². The van der Waals surface area contributed by atoms with E-state index in [4.69, 9.17) is 9.97 Å². The molecule has 0 amide bonds. The molecule has 234 valence electrons. The van der Waals surface area contributed by atoms with Crippen LogP contribution in [0.4, 0.5) is 0 Å². The van der Waals surface area contributed by atoms with Crippen LogP contribution in [0.5, 0.6) is 5.75 Å². The van der Waals surface area contributed by atoms with Crippen molar-refractivity contribution in [1.82, 2.24) is 14.5 Å². The maximum Gasteiger partial charge on any atom is 0.149 e. The van der Waals surface area contributed by atoms with Crippen molar-refractivity contribution in [3.05, 3.63) is 145 Å². The highest BCUT2D eigenvalue weighted by Crippen LogP contribution is 2.42. The number of phenolic OH excluding ortho intramolecular Hbond substituents is 1. The summed E-state index contributed by atoms with van der Waals surface area (Å²) in [5, 5.41) is 15.8. The maximum atomic E-state index is 11.2. The first-order chi connectivity index (χ1) is 23.4. The first-order valence-electron chi connectivity index (χ1n) is 16.7. The number of aromatic nitrogens is 3. The number of benzene rings is 6. The van der Waals surface area contributed by atoms with Crippen LogP contribution in [-0.4, -0.2) is 19.6 Å². The normalized spacial score (nSPS) is 11.8. The molecule has 48 heavy (non-hydrogen) atoms. The highest BCUT2D eigenvalue weighted by atomic mass is 16.3. The predicted octanol–water partition coefficient (Wildman–Crippen LogP) is 11.7. The monoisotopic (exact) mass is 623 g/mol. The summed E-state index contributed by atoms with van der Waals surface area (Å²) in [5.74, 6) is 1.50. The van der Waals surface area contributed by atoms with Gasteiger partial charge in [-0.25, -0.2) is 4.98 Å². The zero-order valence-corrected chi connectivity index (χ0v) is 27.6. The summed E-state index contributed by atoms with van der Waals surface area (Å²) in [5.41, 5.74) is 10.3. The number of hydrogen-bond acceptors (Lipinski definition) is 3. The largest absolute Gasteiger partial charge is 0.507 e. The Morgan fingerprint density at radius 2 is 1.23 bits per heavy atom. The number of fused-ring (bicyclic) bond motifs is 3. The number of phenols is 1. The minimum atomic E-state index is 0.208. The van der Waals surface area contributed by atoms with E-state index in [9.17, 15) is 5.11 Å². The van der Waals surface area contributed by atoms with Gasteiger partial charge in [0.05, 0.1) is 28.0 Å². The van der Waals surface area contributed by atoms with Gasteiger partial charge in [0.25, 0.3) is 0 Å². The molecule has 1 N–H and O–H groups in total. The molecule has 8 aromatic rings. The average molecular weight is 624 g/mol. The Kier molecular flexibility index (Phi) is 7.29. The van der Waals surface area contributed by atoms with Crippen LogP contribution in [0, 0.1) is 0 Å². The number of rotatable bonds is 6. The van der Waals surface area contributed by atoms with Crippen LogP contribution in [0.15, 0.2) is 134 Å². The van der Waals surface area contributed by atoms with Gasteiger partial charge in [-0.3, -0.25) is 9.55 Å². The van der Waals surface area contributed by atoms with Gasteiger partial charge in [-0.05, 0) is 81.1 Å². The van der Waals surface area contributed by atoms with Crippen molar-refractivity contribution in [2.24, 2.45) is 0 Å². The lowest BCUT2D eigenvalue weighted by molar-refractivity contribution is 0.477. The van der Waals surface area contributed by atoms with Crippen molar-refractivity contribution in [1.29, 1.82) is 0 Å². The van der Waals surface area contributed by atoms with Crippen LogP contribution >= 0.6 is 0 Å². The van der Waals surface area contributed by atoms with Crippen LogP contribution in [0.1, 0.15) is 50.7 Å². The zero-order valence-electron chi connectivity index (χ0n) is 27.6. The van der Waals surface area contributed by atoms with Gasteiger partial charge in [0, 0.05) is 22.7 Å². The van der Waals surface area contributed by atoms with Gasteiger partial charge < -0.3 is 5.11 Å². The van der Waals surface area contributed by atoms with Crippen molar-refractivity contribution >= 4 is 32.6 Å². The maximum absolute atomic E-state index is 11.2. The Balaban J connectivity index is 1.45. The molecule has 0 aliphatic heterocycles. The lowest BCUT2D eigenvalue weighted by atomic mass is 9.92. The van der Waals surface area contributed by atoms with Gasteiger partial charge in [-0.2, -0.15) is 0 Å². The third-order valence-corrected chi connectivity index (χ3v) is 9.48. The summed E-state index contributed by atoms with van der Waals surface area (Å²) in [6, 6.07) is 44.2. The molecular weight excluding hydrogens is 587 g/mol. The topological polar surface area (TPSA) is 50.9 Å². The molecule has 0 radical (unpaired) electrons. The first-order valence-corrected chi connectivity index (χ1v) is 16.7. The van der Waals surface area contributed by atoms with Gasteiger partial charge in [0.2, 0.25) is 0 Å². The second-order valence-electron chi connectivity index (χ2n) is 13.2. The molecule has 0 atom stereocenters. The third kappa shape index (κ3) is 4.92. The van der Waals surface area contributed by atoms with Gasteiger partial charge in [0.1, 0.15) is 11.6 Å². The fourth-order valence-corrected chi connectivity index (χ4v) is 7.08. The molecule has 4 heteroatoms. The summed E-state index contributed by atoms with van der Waals surface area (Å²) < 4.78 is 2.28. The highest BCUT2D eigenvalue weighted by Gasteiger charge is 2.25. The number of hydrogen-bond donors (Lipinski definition) is 1. The minimum Gasteiger partial charge on any atom is -0.507 e. The van der Waals surface area contributed by atoms with Crippen molar-refractivity contribution in [3.8, 4) is 45.2 Å². The Morgan fingerprint density at radius 3 is 1.98 bits per heavy atom. The number of pyridine rings is 1. The molecule has 0 spiro atoms. The Labute approximate surface area is 281 Å². The van der Waals surface area contributed by atoms with E-state index in [0.29, 0.717) is 5.56 Å². The van der Waals surface area contributed by atoms with Crippen LogP contribution in [0.25, 0.3) is 72.0 Å². The van der Waals surface area contributed by atoms with E-state index < -0.39 is 0 Å². The van der Waals surface area contributed by atoms with Crippen molar-refractivity contribution < 1.29 is 5.11 Å². The summed E-state index contributed by atoms with van der Waals surface area (Å²) in [6.45, 7) is 8.96. The van der Waals surface area contributed by atoms with Gasteiger partial charge in [-0.1, -0.05) is 119 Å². The average Bonchev–Trinajstić information content (AvgIpc) is 3.50. The fraction of sp³-hybridized carbons (Fsp3) is 0.136. The Morgan fingerprint density at radius 1 is 0.583 bits per heavy atom. The summed E-state index contributed by atoms with van der Waals surface area (Å²) >= 11 is 0. The van der Waals surface area contributed by atoms with E-state index in [1.807, 2.05) is 30.5 Å². The van der Waals surface area contributed by atoms with E-state index >= 15 is 0 Å². The molecule has 0 aliphatic carbocycles. The third-order valence-electron chi connectivity index (χ3n) is 9.48. The van der Waals surface area contributed by atoms with Gasteiger partial charge in [0.15, 0.2) is 0 Å². The van der Waals surface area contributed by atoms with Crippen molar-refractivity contribution in [2.75, 3.05) is 0 Å². The lowest BCUT2D eigenvalue weighted by Gasteiger charge is -2.22. The zero-order chi connectivity index (χ0) is 32.9. The fourth-order valence-electron chi connectivity index (χ4n) is 7.08. The molecule has 0 aliphatic rings. The Hall–Kier alpha value is -5.74. The summed E-state index contributed by atoms with van der Waals surface area (Å²) in [4.78, 5) is 10.3. The molecule has 0 fully saturated rings. The molecular formula is C44H37N3O. The summed E-state index contributed by atoms with van der Waals surface area (Å²) in [7, 11) is 0. The summed E-state index contributed by atoms with van der Waals surface area (Å²) in [6.07, 6.45) is 1.96. The smallest absolute Gasteiger partial charge is 0.149 e. The van der Waals surface area contributed by atoms with Crippen molar-refractivity contribution in [2.45, 2.75) is 39.5 Å². The molecule has 6 aromatic carbocycles. The van der Waals surface area contributed by atoms with E-state index in [1.165, 1.54) is 11.1 Å². The molecule has 8 rings (SSSR count). The van der Waals surface area contributed by atoms with Gasteiger partial charge >= 0.3 is 0 Å². The second-order valence-corrected chi connectivity index (χ2v) is 13.2. The van der Waals surface area contributed by atoms with Crippen LogP contribution in [-0.2, 0) is 0 Å². The van der Waals surface area contributed by atoms with Gasteiger partial charge in [-0.15, -0.1) is 0 Å². The van der Waals surface area contributed by atoms with E-state index in [2.05, 4.69) is 129 Å². The molecule has 4 nitrogen and oxygen atoms in total. The standard InChI is InChI=1S/C44H37N3O/c1-27(2)33-18-11-19-34(28(3)4)43(33)47-40-21-12-20-36(42(40)46-44(47)37-17-9-10-22-41(37)48)32-23-30-14-7-8-16-35(30)38(24-32)39-25-29-13-5-6-15-31(29)26-45-39/h5-28,48H,1-4H3. The second kappa shape index (κ2) is 11.8. The van der Waals surface area contributed by atoms with Crippen LogP contribution < -0.4 is 0 Å².